The molecule has 1 atom stereocenters. The van der Waals surface area contributed by atoms with Gasteiger partial charge in [-0.15, -0.1) is 0 Å². The molecule has 1 aromatic carbocycles. The number of carbonyl (C=O) groups is 1. The van der Waals surface area contributed by atoms with Gasteiger partial charge in [-0.1, -0.05) is 30.3 Å². The average molecular weight is 328 g/mol. The smallest absolute Gasteiger partial charge is 0.311 e. The molecule has 0 saturated heterocycles. The molecule has 1 unspecified atom stereocenters. The molecule has 0 aliphatic rings. The number of nitrogens with one attached hydrogen (secondary N) is 1. The Balaban J connectivity index is 2.32. The lowest BCUT2D eigenvalue weighted by atomic mass is 10.0. The van der Waals surface area contributed by atoms with Crippen LogP contribution in [0.5, 0.6) is 0 Å². The number of carbonyl (C=O) groups excluding carboxylic acids is 1. The van der Waals surface area contributed by atoms with E-state index in [4.69, 9.17) is 0 Å². The maximum absolute atomic E-state index is 12.5. The van der Waals surface area contributed by atoms with Gasteiger partial charge in [0, 0.05) is 32.8 Å². The van der Waals surface area contributed by atoms with E-state index < -0.39 is 11.0 Å². The van der Waals surface area contributed by atoms with E-state index in [0.717, 1.165) is 5.56 Å². The van der Waals surface area contributed by atoms with E-state index in [9.17, 15) is 14.9 Å². The molecule has 1 N–H and O–H groups in total. The summed E-state index contributed by atoms with van der Waals surface area (Å²) in [7, 11) is 3.30. The summed E-state index contributed by atoms with van der Waals surface area (Å²) in [6.07, 6.45) is 1.94. The van der Waals surface area contributed by atoms with Crippen molar-refractivity contribution in [3.63, 3.8) is 0 Å². The van der Waals surface area contributed by atoms with Crippen LogP contribution in [0.15, 0.2) is 42.6 Å². The standard InChI is InChI=1S/C17H20N4O3/c1-12-9-15(21(23)24)16(18-11-12)19-14(17(22)20(2)3)10-13-7-5-4-6-8-13/h4-9,11,14H,10H2,1-3H3,(H,18,19). The Bertz CT molecular complexity index is 732. The molecule has 2 aromatic rings. The van der Waals surface area contributed by atoms with Crippen LogP contribution in [0.3, 0.4) is 0 Å². The maximum atomic E-state index is 12.5. The first-order chi connectivity index (χ1) is 11.4. The van der Waals surface area contributed by atoms with Crippen molar-refractivity contribution in [2.45, 2.75) is 19.4 Å². The van der Waals surface area contributed by atoms with Crippen molar-refractivity contribution in [2.24, 2.45) is 0 Å². The molecule has 0 spiro atoms. The van der Waals surface area contributed by atoms with Crippen LogP contribution < -0.4 is 5.32 Å². The number of amides is 1. The van der Waals surface area contributed by atoms with E-state index in [0.29, 0.717) is 12.0 Å². The van der Waals surface area contributed by atoms with Crippen LogP contribution in [0.4, 0.5) is 11.5 Å². The molecular weight excluding hydrogens is 308 g/mol. The van der Waals surface area contributed by atoms with E-state index in [1.54, 1.807) is 21.0 Å². The summed E-state index contributed by atoms with van der Waals surface area (Å²) in [5.74, 6) is -0.0720. The Morgan fingerprint density at radius 1 is 1.33 bits per heavy atom. The van der Waals surface area contributed by atoms with E-state index in [2.05, 4.69) is 10.3 Å². The first-order valence-electron chi connectivity index (χ1n) is 7.51. The monoisotopic (exact) mass is 328 g/mol. The number of hydrogen-bond acceptors (Lipinski definition) is 5. The normalized spacial score (nSPS) is 11.6. The lowest BCUT2D eigenvalue weighted by molar-refractivity contribution is -0.384. The Morgan fingerprint density at radius 3 is 2.58 bits per heavy atom. The molecule has 2 rings (SSSR count). The molecule has 1 aromatic heterocycles. The Kier molecular flexibility index (Phi) is 5.47. The minimum atomic E-state index is -0.642. The third-order valence-corrected chi connectivity index (χ3v) is 3.53. The van der Waals surface area contributed by atoms with Gasteiger partial charge in [0.2, 0.25) is 11.7 Å². The number of rotatable bonds is 6. The van der Waals surface area contributed by atoms with Crippen molar-refractivity contribution in [3.8, 4) is 0 Å². The number of nitro groups is 1. The quantitative estimate of drug-likeness (QED) is 0.650. The molecule has 1 heterocycles. The van der Waals surface area contributed by atoms with Crippen LogP contribution in [0, 0.1) is 17.0 Å². The SMILES string of the molecule is Cc1cnc(NC(Cc2ccccc2)C(=O)N(C)C)c([N+](=O)[O-])c1. The molecule has 0 saturated carbocycles. The van der Waals surface area contributed by atoms with E-state index >= 15 is 0 Å². The van der Waals surface area contributed by atoms with Gasteiger partial charge in [-0.3, -0.25) is 14.9 Å². The number of pyridine rings is 1. The molecule has 0 radical (unpaired) electrons. The minimum Gasteiger partial charge on any atom is -0.352 e. The van der Waals surface area contributed by atoms with Crippen molar-refractivity contribution in [1.82, 2.24) is 9.88 Å². The van der Waals surface area contributed by atoms with E-state index in [1.165, 1.54) is 17.2 Å². The van der Waals surface area contributed by atoms with Crippen molar-refractivity contribution >= 4 is 17.4 Å². The fraction of sp³-hybridized carbons (Fsp3) is 0.294. The van der Waals surface area contributed by atoms with Gasteiger partial charge in [0.15, 0.2) is 0 Å². The number of aryl methyl sites for hydroxylation is 1. The van der Waals surface area contributed by atoms with Gasteiger partial charge in [-0.05, 0) is 18.1 Å². The molecule has 7 heteroatoms. The zero-order valence-corrected chi connectivity index (χ0v) is 13.9. The predicted molar refractivity (Wildman–Crippen MR) is 91.9 cm³/mol. The Hall–Kier alpha value is -2.96. The summed E-state index contributed by atoms with van der Waals surface area (Å²) in [5.41, 5.74) is 1.50. The second-order valence-corrected chi connectivity index (χ2v) is 5.76. The van der Waals surface area contributed by atoms with Crippen LogP contribution in [0.1, 0.15) is 11.1 Å². The number of hydrogen-bond donors (Lipinski definition) is 1. The number of nitrogens with zero attached hydrogens (tertiary/aromatic N) is 3. The molecule has 0 bridgehead atoms. The van der Waals surface area contributed by atoms with Crippen molar-refractivity contribution in [3.05, 3.63) is 63.8 Å². The Morgan fingerprint density at radius 2 is 2.00 bits per heavy atom. The summed E-state index contributed by atoms with van der Waals surface area (Å²) in [4.78, 5) is 28.8. The third kappa shape index (κ3) is 4.28. The number of aromatic nitrogens is 1. The van der Waals surface area contributed by atoms with Crippen LogP contribution >= 0.6 is 0 Å². The van der Waals surface area contributed by atoms with Gasteiger partial charge < -0.3 is 10.2 Å². The van der Waals surface area contributed by atoms with Crippen LogP contribution in [-0.4, -0.2) is 40.9 Å². The second-order valence-electron chi connectivity index (χ2n) is 5.76. The molecule has 0 fully saturated rings. The highest BCUT2D eigenvalue weighted by molar-refractivity contribution is 5.85. The predicted octanol–water partition coefficient (Wildman–Crippen LogP) is 2.41. The van der Waals surface area contributed by atoms with E-state index in [-0.39, 0.29) is 17.4 Å². The topological polar surface area (TPSA) is 88.4 Å². The van der Waals surface area contributed by atoms with Crippen molar-refractivity contribution in [2.75, 3.05) is 19.4 Å². The molecule has 0 aliphatic carbocycles. The summed E-state index contributed by atoms with van der Waals surface area (Å²) in [5, 5.41) is 14.2. The lowest BCUT2D eigenvalue weighted by Crippen LogP contribution is -2.40. The second kappa shape index (κ2) is 7.54. The average Bonchev–Trinajstić information content (AvgIpc) is 2.55. The number of benzene rings is 1. The fourth-order valence-corrected chi connectivity index (χ4v) is 2.33. The summed E-state index contributed by atoms with van der Waals surface area (Å²) >= 11 is 0. The number of anilines is 1. The minimum absolute atomic E-state index is 0.0988. The molecule has 24 heavy (non-hydrogen) atoms. The molecule has 7 nitrogen and oxygen atoms in total. The first kappa shape index (κ1) is 17.4. The summed E-state index contributed by atoms with van der Waals surface area (Å²) in [6.45, 7) is 1.73. The van der Waals surface area contributed by atoms with Crippen LogP contribution in [0.25, 0.3) is 0 Å². The van der Waals surface area contributed by atoms with Gasteiger partial charge in [0.1, 0.15) is 6.04 Å². The van der Waals surface area contributed by atoms with Gasteiger partial charge in [0.25, 0.3) is 0 Å². The zero-order valence-electron chi connectivity index (χ0n) is 13.9. The highest BCUT2D eigenvalue weighted by Gasteiger charge is 2.25. The van der Waals surface area contributed by atoms with Gasteiger partial charge in [-0.2, -0.15) is 0 Å². The largest absolute Gasteiger partial charge is 0.352 e. The molecule has 126 valence electrons. The fourth-order valence-electron chi connectivity index (χ4n) is 2.33. The first-order valence-corrected chi connectivity index (χ1v) is 7.51. The number of likely N-dealkylation sites (N-methyl/N-ethyl adjacent to an activating group) is 1. The van der Waals surface area contributed by atoms with Gasteiger partial charge >= 0.3 is 5.69 Å². The summed E-state index contributed by atoms with van der Waals surface area (Å²) in [6, 6.07) is 10.3. The maximum Gasteiger partial charge on any atom is 0.311 e. The zero-order chi connectivity index (χ0) is 17.7. The van der Waals surface area contributed by atoms with Gasteiger partial charge in [0.05, 0.1) is 4.92 Å². The van der Waals surface area contributed by atoms with E-state index in [1.807, 2.05) is 30.3 Å². The van der Waals surface area contributed by atoms with Gasteiger partial charge in [-0.25, -0.2) is 4.98 Å². The van der Waals surface area contributed by atoms with Crippen LogP contribution in [-0.2, 0) is 11.2 Å². The van der Waals surface area contributed by atoms with Crippen molar-refractivity contribution < 1.29 is 9.72 Å². The molecular formula is C17H20N4O3. The molecule has 0 aliphatic heterocycles. The van der Waals surface area contributed by atoms with Crippen molar-refractivity contribution in [1.29, 1.82) is 0 Å². The highest BCUT2D eigenvalue weighted by Crippen LogP contribution is 2.24. The molecule has 1 amide bonds. The lowest BCUT2D eigenvalue weighted by Gasteiger charge is -2.22. The van der Waals surface area contributed by atoms with Crippen LogP contribution in [0.2, 0.25) is 0 Å². The summed E-state index contributed by atoms with van der Waals surface area (Å²) < 4.78 is 0. The third-order valence-electron chi connectivity index (χ3n) is 3.53. The highest BCUT2D eigenvalue weighted by atomic mass is 16.6. The Labute approximate surface area is 140 Å².